The van der Waals surface area contributed by atoms with E-state index in [0.29, 0.717) is 12.1 Å². The summed E-state index contributed by atoms with van der Waals surface area (Å²) in [5, 5.41) is 3.78. The van der Waals surface area contributed by atoms with E-state index in [0.717, 1.165) is 12.5 Å². The summed E-state index contributed by atoms with van der Waals surface area (Å²) in [5.41, 5.74) is 1.33. The molecule has 18 heavy (non-hydrogen) atoms. The fourth-order valence-electron chi connectivity index (χ4n) is 2.96. The molecule has 2 heteroatoms. The molecule has 1 N–H and O–H groups in total. The minimum absolute atomic E-state index is 0.325. The summed E-state index contributed by atoms with van der Waals surface area (Å²) < 4.78 is 5.36. The van der Waals surface area contributed by atoms with Crippen LogP contribution in [0.4, 0.5) is 0 Å². The van der Waals surface area contributed by atoms with Crippen LogP contribution in [-0.2, 0) is 4.74 Å². The zero-order chi connectivity index (χ0) is 12.8. The van der Waals surface area contributed by atoms with Crippen LogP contribution in [0.15, 0.2) is 30.3 Å². The second-order valence-corrected chi connectivity index (χ2v) is 5.55. The molecule has 3 atom stereocenters. The Labute approximate surface area is 111 Å². The highest BCUT2D eigenvalue weighted by Gasteiger charge is 2.22. The third kappa shape index (κ3) is 3.82. The van der Waals surface area contributed by atoms with E-state index in [4.69, 9.17) is 4.74 Å². The smallest absolute Gasteiger partial charge is 0.0657 e. The third-order valence-corrected chi connectivity index (χ3v) is 3.91. The predicted molar refractivity (Wildman–Crippen MR) is 75.6 cm³/mol. The van der Waals surface area contributed by atoms with Crippen molar-refractivity contribution in [3.05, 3.63) is 35.9 Å². The Kier molecular flexibility index (Phi) is 5.21. The summed E-state index contributed by atoms with van der Waals surface area (Å²) in [6, 6.07) is 11.6. The summed E-state index contributed by atoms with van der Waals surface area (Å²) in [6.45, 7) is 3.11. The van der Waals surface area contributed by atoms with Crippen molar-refractivity contribution in [2.24, 2.45) is 5.92 Å². The first kappa shape index (κ1) is 13.6. The average Bonchev–Trinajstić information content (AvgIpc) is 2.39. The summed E-state index contributed by atoms with van der Waals surface area (Å²) in [7, 11) is 1.78. The topological polar surface area (TPSA) is 21.3 Å². The van der Waals surface area contributed by atoms with E-state index in [2.05, 4.69) is 42.6 Å². The monoisotopic (exact) mass is 247 g/mol. The van der Waals surface area contributed by atoms with Crippen molar-refractivity contribution in [2.45, 2.75) is 44.7 Å². The van der Waals surface area contributed by atoms with E-state index in [-0.39, 0.29) is 0 Å². The van der Waals surface area contributed by atoms with Crippen LogP contribution in [0, 0.1) is 5.92 Å². The zero-order valence-electron chi connectivity index (χ0n) is 11.6. The summed E-state index contributed by atoms with van der Waals surface area (Å²) in [5.74, 6) is 0.857. The zero-order valence-corrected chi connectivity index (χ0v) is 11.6. The Balaban J connectivity index is 1.97. The quantitative estimate of drug-likeness (QED) is 0.859. The number of methoxy groups -OCH3 is 1. The summed E-state index contributed by atoms with van der Waals surface area (Å²) in [4.78, 5) is 0. The standard InChI is InChI=1S/C16H25NO/c1-13-7-6-10-15(11-13)17-16(12-18-2)14-8-4-3-5-9-14/h3-5,8-9,13,15-17H,6-7,10-12H2,1-2H3. The number of benzene rings is 1. The van der Waals surface area contributed by atoms with E-state index < -0.39 is 0 Å². The highest BCUT2D eigenvalue weighted by atomic mass is 16.5. The van der Waals surface area contributed by atoms with Crippen molar-refractivity contribution < 1.29 is 4.74 Å². The Bertz CT molecular complexity index is 338. The van der Waals surface area contributed by atoms with Crippen LogP contribution in [0.5, 0.6) is 0 Å². The lowest BCUT2D eigenvalue weighted by Gasteiger charge is -2.31. The van der Waals surface area contributed by atoms with Crippen molar-refractivity contribution in [3.8, 4) is 0 Å². The molecule has 0 amide bonds. The molecule has 1 saturated carbocycles. The molecule has 0 heterocycles. The number of hydrogen-bond acceptors (Lipinski definition) is 2. The van der Waals surface area contributed by atoms with E-state index in [1.807, 2.05) is 0 Å². The van der Waals surface area contributed by atoms with Crippen LogP contribution in [0.1, 0.15) is 44.2 Å². The fraction of sp³-hybridized carbons (Fsp3) is 0.625. The Hall–Kier alpha value is -0.860. The van der Waals surface area contributed by atoms with Gasteiger partial charge in [0, 0.05) is 13.2 Å². The van der Waals surface area contributed by atoms with Gasteiger partial charge in [0.2, 0.25) is 0 Å². The molecule has 0 radical (unpaired) electrons. The van der Waals surface area contributed by atoms with Gasteiger partial charge < -0.3 is 10.1 Å². The van der Waals surface area contributed by atoms with E-state index in [1.54, 1.807) is 7.11 Å². The molecule has 0 bridgehead atoms. The van der Waals surface area contributed by atoms with Crippen LogP contribution >= 0.6 is 0 Å². The molecule has 3 unspecified atom stereocenters. The minimum atomic E-state index is 0.325. The van der Waals surface area contributed by atoms with Gasteiger partial charge in [-0.25, -0.2) is 0 Å². The lowest BCUT2D eigenvalue weighted by molar-refractivity contribution is 0.152. The summed E-state index contributed by atoms with van der Waals surface area (Å²) >= 11 is 0. The largest absolute Gasteiger partial charge is 0.383 e. The van der Waals surface area contributed by atoms with Crippen molar-refractivity contribution in [2.75, 3.05) is 13.7 Å². The average molecular weight is 247 g/mol. The maximum absolute atomic E-state index is 5.36. The lowest BCUT2D eigenvalue weighted by Crippen LogP contribution is -2.38. The van der Waals surface area contributed by atoms with Crippen LogP contribution in [0.3, 0.4) is 0 Å². The fourth-order valence-corrected chi connectivity index (χ4v) is 2.96. The van der Waals surface area contributed by atoms with Gasteiger partial charge in [-0.1, -0.05) is 50.1 Å². The normalized spacial score (nSPS) is 25.9. The molecule has 2 rings (SSSR count). The maximum Gasteiger partial charge on any atom is 0.0657 e. The number of hydrogen-bond donors (Lipinski definition) is 1. The number of ether oxygens (including phenoxy) is 1. The van der Waals surface area contributed by atoms with Crippen molar-refractivity contribution in [3.63, 3.8) is 0 Å². The molecule has 1 aliphatic carbocycles. The van der Waals surface area contributed by atoms with Gasteiger partial charge in [-0.15, -0.1) is 0 Å². The maximum atomic E-state index is 5.36. The van der Waals surface area contributed by atoms with Crippen LogP contribution in [0.25, 0.3) is 0 Å². The molecule has 0 aliphatic heterocycles. The number of rotatable bonds is 5. The summed E-state index contributed by atoms with van der Waals surface area (Å²) in [6.07, 6.45) is 5.34. The number of nitrogens with one attached hydrogen (secondary N) is 1. The van der Waals surface area contributed by atoms with Gasteiger partial charge in [0.1, 0.15) is 0 Å². The van der Waals surface area contributed by atoms with Gasteiger partial charge in [-0.05, 0) is 24.3 Å². The molecular formula is C16H25NO. The van der Waals surface area contributed by atoms with Crippen molar-refractivity contribution >= 4 is 0 Å². The minimum Gasteiger partial charge on any atom is -0.383 e. The van der Waals surface area contributed by atoms with Crippen LogP contribution in [-0.4, -0.2) is 19.8 Å². The van der Waals surface area contributed by atoms with E-state index in [1.165, 1.54) is 31.2 Å². The molecular weight excluding hydrogens is 222 g/mol. The van der Waals surface area contributed by atoms with Crippen molar-refractivity contribution in [1.29, 1.82) is 0 Å². The van der Waals surface area contributed by atoms with Gasteiger partial charge >= 0.3 is 0 Å². The van der Waals surface area contributed by atoms with Gasteiger partial charge in [0.05, 0.1) is 12.6 Å². The highest BCUT2D eigenvalue weighted by Crippen LogP contribution is 2.25. The Morgan fingerprint density at radius 2 is 2.06 bits per heavy atom. The molecule has 1 aliphatic rings. The molecule has 0 saturated heterocycles. The van der Waals surface area contributed by atoms with Gasteiger partial charge in [0.25, 0.3) is 0 Å². The molecule has 0 aromatic heterocycles. The molecule has 100 valence electrons. The lowest BCUT2D eigenvalue weighted by atomic mass is 9.86. The molecule has 1 fully saturated rings. The second-order valence-electron chi connectivity index (χ2n) is 5.55. The third-order valence-electron chi connectivity index (χ3n) is 3.91. The molecule has 1 aromatic carbocycles. The van der Waals surface area contributed by atoms with Crippen molar-refractivity contribution in [1.82, 2.24) is 5.32 Å². The molecule has 1 aromatic rings. The first-order valence-electron chi connectivity index (χ1n) is 7.09. The van der Waals surface area contributed by atoms with E-state index >= 15 is 0 Å². The predicted octanol–water partition coefficient (Wildman–Crippen LogP) is 3.54. The first-order valence-corrected chi connectivity index (χ1v) is 7.09. The Morgan fingerprint density at radius 1 is 1.28 bits per heavy atom. The van der Waals surface area contributed by atoms with Gasteiger partial charge in [0.15, 0.2) is 0 Å². The molecule has 0 spiro atoms. The SMILES string of the molecule is COCC(NC1CCCC(C)C1)c1ccccc1. The highest BCUT2D eigenvalue weighted by molar-refractivity contribution is 5.19. The Morgan fingerprint density at radius 3 is 2.72 bits per heavy atom. The van der Waals surface area contributed by atoms with Gasteiger partial charge in [-0.3, -0.25) is 0 Å². The molecule has 2 nitrogen and oxygen atoms in total. The van der Waals surface area contributed by atoms with Crippen LogP contribution in [0.2, 0.25) is 0 Å². The first-order chi connectivity index (χ1) is 8.79. The van der Waals surface area contributed by atoms with E-state index in [9.17, 15) is 0 Å². The second kappa shape index (κ2) is 6.91. The van der Waals surface area contributed by atoms with Gasteiger partial charge in [-0.2, -0.15) is 0 Å². The van der Waals surface area contributed by atoms with Crippen LogP contribution < -0.4 is 5.32 Å².